The summed E-state index contributed by atoms with van der Waals surface area (Å²) >= 11 is 3.43. The Morgan fingerprint density at radius 1 is 1.26 bits per heavy atom. The average Bonchev–Trinajstić information content (AvgIpc) is 2.83. The minimum absolute atomic E-state index is 0.0709. The van der Waals surface area contributed by atoms with Crippen LogP contribution in [-0.2, 0) is 0 Å². The summed E-state index contributed by atoms with van der Waals surface area (Å²) in [6, 6.07) is 8.70. The molecule has 1 aromatic rings. The summed E-state index contributed by atoms with van der Waals surface area (Å²) in [5, 5.41) is 6.45. The van der Waals surface area contributed by atoms with Crippen LogP contribution in [0.2, 0.25) is 0 Å². The number of carbonyl (C=O) groups excluding carboxylic acids is 1. The zero-order valence-corrected chi connectivity index (χ0v) is 12.3. The van der Waals surface area contributed by atoms with Crippen LogP contribution in [0.3, 0.4) is 0 Å². The number of nitrogens with zero attached hydrogens (tertiary/aromatic N) is 1. The second-order valence-electron chi connectivity index (χ2n) is 5.21. The summed E-state index contributed by atoms with van der Waals surface area (Å²) in [6.07, 6.45) is 2.25. The van der Waals surface area contributed by atoms with E-state index in [4.69, 9.17) is 0 Å². The smallest absolute Gasteiger partial charge is 0.318 e. The predicted molar refractivity (Wildman–Crippen MR) is 78.0 cm³/mol. The number of amides is 2. The van der Waals surface area contributed by atoms with Gasteiger partial charge in [-0.3, -0.25) is 0 Å². The van der Waals surface area contributed by atoms with Crippen molar-refractivity contribution in [1.82, 2.24) is 15.5 Å². The molecule has 0 spiro atoms. The summed E-state index contributed by atoms with van der Waals surface area (Å²) in [5.41, 5.74) is 1.17. The summed E-state index contributed by atoms with van der Waals surface area (Å²) in [6.45, 7) is 2.76. The Kier molecular flexibility index (Phi) is 3.75. The molecule has 0 radical (unpaired) electrons. The van der Waals surface area contributed by atoms with Crippen molar-refractivity contribution in [3.05, 3.63) is 34.3 Å². The maximum atomic E-state index is 12.1. The Bertz CT molecular complexity index is 456. The molecule has 0 aromatic heterocycles. The van der Waals surface area contributed by atoms with Crippen LogP contribution in [0.15, 0.2) is 28.7 Å². The normalized spacial score (nSPS) is 27.4. The third-order valence-corrected chi connectivity index (χ3v) is 4.45. The third kappa shape index (κ3) is 2.77. The molecular formula is C14H18BrN3O. The molecule has 102 valence electrons. The fraction of sp³-hybridized carbons (Fsp3) is 0.500. The Labute approximate surface area is 121 Å². The highest BCUT2D eigenvalue weighted by atomic mass is 79.9. The van der Waals surface area contributed by atoms with Crippen LogP contribution >= 0.6 is 15.9 Å². The number of hydrogen-bond donors (Lipinski definition) is 2. The number of piperidine rings is 1. The number of rotatable bonds is 2. The lowest BCUT2D eigenvalue weighted by molar-refractivity contribution is 0.184. The highest BCUT2D eigenvalue weighted by molar-refractivity contribution is 9.10. The topological polar surface area (TPSA) is 44.4 Å². The van der Waals surface area contributed by atoms with Gasteiger partial charge in [-0.25, -0.2) is 4.79 Å². The van der Waals surface area contributed by atoms with Crippen LogP contribution in [-0.4, -0.2) is 36.6 Å². The molecule has 2 fully saturated rings. The van der Waals surface area contributed by atoms with Crippen molar-refractivity contribution < 1.29 is 4.79 Å². The minimum Gasteiger partial charge on any atom is -0.329 e. The van der Waals surface area contributed by atoms with Gasteiger partial charge in [0.25, 0.3) is 0 Å². The zero-order valence-electron chi connectivity index (χ0n) is 10.7. The minimum atomic E-state index is 0.0709. The highest BCUT2D eigenvalue weighted by Gasteiger charge is 2.34. The van der Waals surface area contributed by atoms with Crippen molar-refractivity contribution in [2.24, 2.45) is 0 Å². The molecule has 19 heavy (non-hydrogen) atoms. The van der Waals surface area contributed by atoms with Gasteiger partial charge in [0.15, 0.2) is 0 Å². The van der Waals surface area contributed by atoms with Crippen LogP contribution in [0, 0.1) is 0 Å². The van der Waals surface area contributed by atoms with Crippen LogP contribution in [0.25, 0.3) is 0 Å². The van der Waals surface area contributed by atoms with Crippen molar-refractivity contribution in [2.75, 3.05) is 19.6 Å². The van der Waals surface area contributed by atoms with Crippen molar-refractivity contribution in [3.63, 3.8) is 0 Å². The Morgan fingerprint density at radius 2 is 2.05 bits per heavy atom. The van der Waals surface area contributed by atoms with Crippen LogP contribution in [0.4, 0.5) is 4.79 Å². The van der Waals surface area contributed by atoms with E-state index >= 15 is 0 Å². The van der Waals surface area contributed by atoms with E-state index in [2.05, 4.69) is 38.7 Å². The lowest BCUT2D eigenvalue weighted by Gasteiger charge is -2.30. The van der Waals surface area contributed by atoms with E-state index in [0.29, 0.717) is 6.04 Å². The molecule has 2 aliphatic heterocycles. The van der Waals surface area contributed by atoms with Crippen molar-refractivity contribution in [3.8, 4) is 0 Å². The number of nitrogens with one attached hydrogen (secondary N) is 2. The van der Waals surface area contributed by atoms with Gasteiger partial charge in [0.05, 0.1) is 6.04 Å². The van der Waals surface area contributed by atoms with Gasteiger partial charge in [-0.05, 0) is 37.1 Å². The van der Waals surface area contributed by atoms with E-state index in [1.54, 1.807) is 0 Å². The maximum absolute atomic E-state index is 12.1. The number of benzene rings is 1. The molecule has 2 saturated heterocycles. The standard InChI is InChI=1S/C14H18BrN3O/c15-11-5-3-10(4-6-11)13-9-18(14(19)17-13)12-2-1-7-16-8-12/h3-6,12-13,16H,1-2,7-9H2,(H,17,19). The molecule has 0 aliphatic carbocycles. The van der Waals surface area contributed by atoms with Crippen LogP contribution < -0.4 is 10.6 Å². The predicted octanol–water partition coefficient (Wildman–Crippen LogP) is 2.27. The first kappa shape index (κ1) is 12.9. The van der Waals surface area contributed by atoms with Gasteiger partial charge in [-0.1, -0.05) is 28.1 Å². The molecule has 2 atom stereocenters. The molecule has 0 saturated carbocycles. The first-order chi connectivity index (χ1) is 9.24. The summed E-state index contributed by atoms with van der Waals surface area (Å²) in [5.74, 6) is 0. The fourth-order valence-corrected chi connectivity index (χ4v) is 3.12. The Balaban J connectivity index is 1.70. The molecule has 1 aromatic carbocycles. The molecule has 2 N–H and O–H groups in total. The first-order valence-electron chi connectivity index (χ1n) is 6.77. The van der Waals surface area contributed by atoms with Crippen molar-refractivity contribution in [1.29, 1.82) is 0 Å². The van der Waals surface area contributed by atoms with Gasteiger partial charge in [0, 0.05) is 23.6 Å². The summed E-state index contributed by atoms with van der Waals surface area (Å²) in [7, 11) is 0. The molecule has 2 aliphatic rings. The largest absolute Gasteiger partial charge is 0.329 e. The first-order valence-corrected chi connectivity index (χ1v) is 7.56. The highest BCUT2D eigenvalue weighted by Crippen LogP contribution is 2.25. The van der Waals surface area contributed by atoms with Crippen molar-refractivity contribution in [2.45, 2.75) is 24.9 Å². The monoisotopic (exact) mass is 323 g/mol. The van der Waals surface area contributed by atoms with Gasteiger partial charge in [0.2, 0.25) is 0 Å². The van der Waals surface area contributed by atoms with Gasteiger partial charge in [-0.2, -0.15) is 0 Å². The van der Waals surface area contributed by atoms with Crippen LogP contribution in [0.1, 0.15) is 24.4 Å². The van der Waals surface area contributed by atoms with Crippen molar-refractivity contribution >= 4 is 22.0 Å². The average molecular weight is 324 g/mol. The fourth-order valence-electron chi connectivity index (χ4n) is 2.86. The molecule has 5 heteroatoms. The molecular weight excluding hydrogens is 306 g/mol. The van der Waals surface area contributed by atoms with E-state index in [1.807, 2.05) is 17.0 Å². The van der Waals surface area contributed by atoms with Crippen LogP contribution in [0.5, 0.6) is 0 Å². The Hall–Kier alpha value is -1.07. The van der Waals surface area contributed by atoms with E-state index in [0.717, 1.165) is 36.9 Å². The maximum Gasteiger partial charge on any atom is 0.318 e. The molecule has 2 unspecified atom stereocenters. The lowest BCUT2D eigenvalue weighted by atomic mass is 10.0. The SMILES string of the molecule is O=C1NC(c2ccc(Br)cc2)CN1C1CCCNC1. The van der Waals surface area contributed by atoms with Gasteiger partial charge >= 0.3 is 6.03 Å². The number of halogens is 1. The molecule has 0 bridgehead atoms. The van der Waals surface area contributed by atoms with Gasteiger partial charge < -0.3 is 15.5 Å². The van der Waals surface area contributed by atoms with Gasteiger partial charge in [0.1, 0.15) is 0 Å². The summed E-state index contributed by atoms with van der Waals surface area (Å²) in [4.78, 5) is 14.1. The number of urea groups is 1. The van der Waals surface area contributed by atoms with E-state index in [-0.39, 0.29) is 12.1 Å². The molecule has 4 nitrogen and oxygen atoms in total. The number of carbonyl (C=O) groups is 1. The van der Waals surface area contributed by atoms with E-state index in [9.17, 15) is 4.79 Å². The molecule has 2 heterocycles. The quantitative estimate of drug-likeness (QED) is 0.876. The van der Waals surface area contributed by atoms with Gasteiger partial charge in [-0.15, -0.1) is 0 Å². The molecule has 2 amide bonds. The zero-order chi connectivity index (χ0) is 13.2. The second-order valence-corrected chi connectivity index (χ2v) is 6.12. The molecule has 3 rings (SSSR count). The Morgan fingerprint density at radius 3 is 2.74 bits per heavy atom. The second kappa shape index (κ2) is 5.51. The number of hydrogen-bond acceptors (Lipinski definition) is 2. The third-order valence-electron chi connectivity index (χ3n) is 3.92. The lowest BCUT2D eigenvalue weighted by Crippen LogP contribution is -2.47. The van der Waals surface area contributed by atoms with E-state index in [1.165, 1.54) is 5.56 Å². The van der Waals surface area contributed by atoms with E-state index < -0.39 is 0 Å². The summed E-state index contributed by atoms with van der Waals surface area (Å²) < 4.78 is 1.06.